The molecule has 0 radical (unpaired) electrons. The normalized spacial score (nSPS) is 21.3. The monoisotopic (exact) mass is 470 g/mol. The van der Waals surface area contributed by atoms with Gasteiger partial charge in [0.25, 0.3) is 0 Å². The van der Waals surface area contributed by atoms with Crippen LogP contribution in [-0.2, 0) is 11.3 Å². The maximum atomic E-state index is 11.0. The Labute approximate surface area is 202 Å². The number of piperidine rings is 2. The fourth-order valence-electron chi connectivity index (χ4n) is 5.19. The molecule has 3 aromatic heterocycles. The van der Waals surface area contributed by atoms with Gasteiger partial charge in [-0.25, -0.2) is 4.98 Å². The molecule has 6 heterocycles. The van der Waals surface area contributed by atoms with Gasteiger partial charge in [0, 0.05) is 61.1 Å². The lowest BCUT2D eigenvalue weighted by molar-refractivity contribution is -0.139. The predicted molar refractivity (Wildman–Crippen MR) is 130 cm³/mol. The molecule has 178 valence electrons. The van der Waals surface area contributed by atoms with Gasteiger partial charge < -0.3 is 9.84 Å². The van der Waals surface area contributed by atoms with Gasteiger partial charge in [0.05, 0.1) is 16.9 Å². The number of carbonyl (C=O) groups is 1. The lowest BCUT2D eigenvalue weighted by Crippen LogP contribution is -2.64. The van der Waals surface area contributed by atoms with Crippen molar-refractivity contribution in [1.29, 1.82) is 0 Å². The van der Waals surface area contributed by atoms with E-state index in [0.717, 1.165) is 60.3 Å². The molecule has 0 saturated carbocycles. The molecular formula is C26H26N6O3. The first-order valence-electron chi connectivity index (χ1n) is 11.8. The van der Waals surface area contributed by atoms with Crippen molar-refractivity contribution in [2.24, 2.45) is 0 Å². The molecule has 3 fully saturated rings. The van der Waals surface area contributed by atoms with Crippen LogP contribution in [0.5, 0.6) is 11.6 Å². The van der Waals surface area contributed by atoms with Crippen molar-refractivity contribution < 1.29 is 14.6 Å². The van der Waals surface area contributed by atoms with Crippen molar-refractivity contribution in [2.75, 3.05) is 13.1 Å². The minimum atomic E-state index is -0.996. The Balaban J connectivity index is 1.13. The third-order valence-corrected chi connectivity index (χ3v) is 7.00. The molecule has 3 aliphatic rings. The lowest BCUT2D eigenvalue weighted by atomic mass is 9.90. The van der Waals surface area contributed by atoms with Crippen LogP contribution in [0.15, 0.2) is 60.9 Å². The van der Waals surface area contributed by atoms with Crippen LogP contribution in [0.25, 0.3) is 22.2 Å². The first-order chi connectivity index (χ1) is 17.2. The van der Waals surface area contributed by atoms with Crippen LogP contribution in [-0.4, -0.2) is 72.8 Å². The standard InChI is InChI=1S/C26H26N6O3/c33-16-26(34)32-15-20-4-5-21(32)14-31(20)13-19-3-1-17-11-22(6-7-23(17)29-19)35-25-8-2-18(12-27-25)24-9-10-28-30-24/h1-3,6-12,16,20-21,26,34H,4-5,13-15H2,(H,28,30). The van der Waals surface area contributed by atoms with Gasteiger partial charge in [-0.3, -0.25) is 24.7 Å². The predicted octanol–water partition coefficient (Wildman–Crippen LogP) is 2.98. The smallest absolute Gasteiger partial charge is 0.219 e. The van der Waals surface area contributed by atoms with Gasteiger partial charge >= 0.3 is 0 Å². The van der Waals surface area contributed by atoms with Crippen molar-refractivity contribution in [1.82, 2.24) is 30.0 Å². The molecule has 0 aliphatic carbocycles. The van der Waals surface area contributed by atoms with Gasteiger partial charge in [-0.15, -0.1) is 0 Å². The number of rotatable bonds is 7. The summed E-state index contributed by atoms with van der Waals surface area (Å²) < 4.78 is 5.96. The summed E-state index contributed by atoms with van der Waals surface area (Å²) in [7, 11) is 0. The summed E-state index contributed by atoms with van der Waals surface area (Å²) in [4.78, 5) is 24.6. The summed E-state index contributed by atoms with van der Waals surface area (Å²) >= 11 is 0. The van der Waals surface area contributed by atoms with E-state index in [0.29, 0.717) is 24.0 Å². The first-order valence-corrected chi connectivity index (χ1v) is 11.8. The summed E-state index contributed by atoms with van der Waals surface area (Å²) in [6.45, 7) is 2.32. The summed E-state index contributed by atoms with van der Waals surface area (Å²) in [6, 6.07) is 16.2. The Morgan fingerprint density at radius 2 is 2.03 bits per heavy atom. The molecule has 2 N–H and O–H groups in total. The van der Waals surface area contributed by atoms with Crippen LogP contribution in [0.4, 0.5) is 0 Å². The van der Waals surface area contributed by atoms with Gasteiger partial charge in [0.15, 0.2) is 12.5 Å². The maximum Gasteiger partial charge on any atom is 0.219 e. The number of aliphatic hydroxyl groups is 1. The van der Waals surface area contributed by atoms with Crippen molar-refractivity contribution >= 4 is 17.2 Å². The van der Waals surface area contributed by atoms with Gasteiger partial charge in [-0.05, 0) is 49.2 Å². The molecule has 3 atom stereocenters. The number of hydrogen-bond acceptors (Lipinski definition) is 8. The number of nitrogens with zero attached hydrogens (tertiary/aromatic N) is 5. The zero-order chi connectivity index (χ0) is 23.8. The molecule has 2 bridgehead atoms. The molecule has 1 aromatic carbocycles. The molecule has 0 amide bonds. The average molecular weight is 471 g/mol. The number of aldehydes is 1. The number of benzene rings is 1. The number of H-pyrrole nitrogens is 1. The second-order valence-corrected chi connectivity index (χ2v) is 9.18. The van der Waals surface area contributed by atoms with E-state index in [1.807, 2.05) is 41.3 Å². The number of carbonyl (C=O) groups excluding carboxylic acids is 1. The van der Waals surface area contributed by atoms with E-state index in [-0.39, 0.29) is 6.04 Å². The molecule has 3 saturated heterocycles. The fourth-order valence-corrected chi connectivity index (χ4v) is 5.19. The van der Waals surface area contributed by atoms with Gasteiger partial charge in [-0.2, -0.15) is 5.10 Å². The van der Waals surface area contributed by atoms with E-state index >= 15 is 0 Å². The highest BCUT2D eigenvalue weighted by Crippen LogP contribution is 2.31. The van der Waals surface area contributed by atoms with Crippen molar-refractivity contribution in [3.05, 3.63) is 66.6 Å². The molecule has 3 unspecified atom stereocenters. The molecule has 4 aromatic rings. The summed E-state index contributed by atoms with van der Waals surface area (Å²) in [5.41, 5.74) is 3.78. The SMILES string of the molecule is O=CC(O)N1CC2CCC1CN2Cc1ccc2cc(Oc3ccc(-c4ccn[nH]4)cn3)ccc2n1. The fraction of sp³-hybridized carbons (Fsp3) is 0.308. The molecule has 3 aliphatic heterocycles. The molecule has 7 rings (SSSR count). The quantitative estimate of drug-likeness (QED) is 0.397. The van der Waals surface area contributed by atoms with E-state index in [9.17, 15) is 9.90 Å². The maximum absolute atomic E-state index is 11.0. The second-order valence-electron chi connectivity index (χ2n) is 9.18. The van der Waals surface area contributed by atoms with Crippen molar-refractivity contribution in [2.45, 2.75) is 37.7 Å². The number of ether oxygens (including phenoxy) is 1. The number of aromatic nitrogens is 4. The summed E-state index contributed by atoms with van der Waals surface area (Å²) in [6.07, 6.45) is 5.19. The highest BCUT2D eigenvalue weighted by atomic mass is 16.5. The van der Waals surface area contributed by atoms with Crippen LogP contribution in [0.1, 0.15) is 18.5 Å². The number of nitrogens with one attached hydrogen (secondary N) is 1. The van der Waals surface area contributed by atoms with E-state index in [4.69, 9.17) is 9.72 Å². The number of fused-ring (bicyclic) bond motifs is 4. The zero-order valence-corrected chi connectivity index (χ0v) is 19.1. The van der Waals surface area contributed by atoms with E-state index in [1.165, 1.54) is 0 Å². The highest BCUT2D eigenvalue weighted by Gasteiger charge is 2.41. The Morgan fingerprint density at radius 3 is 2.77 bits per heavy atom. The van der Waals surface area contributed by atoms with E-state index < -0.39 is 6.23 Å². The minimum Gasteiger partial charge on any atom is -0.439 e. The van der Waals surface area contributed by atoms with Crippen molar-refractivity contribution in [3.63, 3.8) is 0 Å². The topological polar surface area (TPSA) is 107 Å². The van der Waals surface area contributed by atoms with Crippen LogP contribution in [0.2, 0.25) is 0 Å². The summed E-state index contributed by atoms with van der Waals surface area (Å²) in [5.74, 6) is 1.22. The first kappa shape index (κ1) is 21.8. The Morgan fingerprint density at radius 1 is 1.11 bits per heavy atom. The number of aromatic amines is 1. The molecule has 0 spiro atoms. The zero-order valence-electron chi connectivity index (χ0n) is 19.1. The van der Waals surface area contributed by atoms with Crippen LogP contribution < -0.4 is 4.74 Å². The third-order valence-electron chi connectivity index (χ3n) is 7.00. The second kappa shape index (κ2) is 9.18. The van der Waals surface area contributed by atoms with Gasteiger partial charge in [0.1, 0.15) is 5.75 Å². The number of hydrogen-bond donors (Lipinski definition) is 2. The third kappa shape index (κ3) is 4.41. The number of pyridine rings is 2. The van der Waals surface area contributed by atoms with E-state index in [1.54, 1.807) is 12.4 Å². The number of aliphatic hydroxyl groups excluding tert-OH is 1. The largest absolute Gasteiger partial charge is 0.439 e. The molecule has 35 heavy (non-hydrogen) atoms. The van der Waals surface area contributed by atoms with Crippen LogP contribution >= 0.6 is 0 Å². The molecule has 9 heteroatoms. The van der Waals surface area contributed by atoms with Crippen LogP contribution in [0, 0.1) is 0 Å². The van der Waals surface area contributed by atoms with Crippen molar-refractivity contribution in [3.8, 4) is 22.9 Å². The van der Waals surface area contributed by atoms with Crippen LogP contribution in [0.3, 0.4) is 0 Å². The van der Waals surface area contributed by atoms with E-state index in [2.05, 4.69) is 32.2 Å². The molecule has 9 nitrogen and oxygen atoms in total. The Hall–Kier alpha value is -3.66. The molecular weight excluding hydrogens is 444 g/mol. The lowest BCUT2D eigenvalue weighted by Gasteiger charge is -2.52. The average Bonchev–Trinajstić information content (AvgIpc) is 3.44. The minimum absolute atomic E-state index is 0.211. The van der Waals surface area contributed by atoms with Gasteiger partial charge in [0.2, 0.25) is 5.88 Å². The Bertz CT molecular complexity index is 1330. The summed E-state index contributed by atoms with van der Waals surface area (Å²) in [5, 5.41) is 17.9. The highest BCUT2D eigenvalue weighted by molar-refractivity contribution is 5.80. The van der Waals surface area contributed by atoms with Gasteiger partial charge in [-0.1, -0.05) is 6.07 Å². The Kier molecular flexibility index (Phi) is 5.73. The number of piperazine rings is 1.